The van der Waals surface area contributed by atoms with E-state index in [-0.39, 0.29) is 36.5 Å². The minimum absolute atomic E-state index is 0.000475. The summed E-state index contributed by atoms with van der Waals surface area (Å²) in [7, 11) is 0. The molecule has 3 aliphatic rings. The van der Waals surface area contributed by atoms with Gasteiger partial charge in [-0.3, -0.25) is 9.59 Å². The van der Waals surface area contributed by atoms with Crippen LogP contribution in [-0.2, 0) is 25.6 Å². The molecule has 3 aliphatic heterocycles. The second kappa shape index (κ2) is 11.1. The maximum Gasteiger partial charge on any atom is 0.230 e. The number of ether oxygens (including phenoxy) is 3. The summed E-state index contributed by atoms with van der Waals surface area (Å²) in [6.07, 6.45) is 0.411. The van der Waals surface area contributed by atoms with Gasteiger partial charge >= 0.3 is 0 Å². The lowest BCUT2D eigenvalue weighted by molar-refractivity contribution is -0.148. The van der Waals surface area contributed by atoms with E-state index < -0.39 is 42.3 Å². The zero-order chi connectivity index (χ0) is 25.9. The predicted octanol–water partition coefficient (Wildman–Crippen LogP) is 3.03. The van der Waals surface area contributed by atoms with Crippen LogP contribution in [0, 0.1) is 17.6 Å². The third-order valence-corrected chi connectivity index (χ3v) is 7.24. The van der Waals surface area contributed by atoms with E-state index in [0.29, 0.717) is 31.1 Å². The number of hydrogen-bond donors (Lipinski definition) is 3. The number of amides is 2. The maximum atomic E-state index is 13.9. The van der Waals surface area contributed by atoms with Gasteiger partial charge in [0.05, 0.1) is 44.4 Å². The molecule has 0 aliphatic carbocycles. The average molecular weight is 517 g/mol. The highest BCUT2D eigenvalue weighted by atomic mass is 19.1. The number of rotatable bonds is 7. The highest BCUT2D eigenvalue weighted by Gasteiger charge is 2.46. The van der Waals surface area contributed by atoms with Crippen molar-refractivity contribution >= 4 is 17.5 Å². The van der Waals surface area contributed by atoms with Gasteiger partial charge < -0.3 is 30.0 Å². The van der Waals surface area contributed by atoms with E-state index in [9.17, 15) is 23.5 Å². The van der Waals surface area contributed by atoms with Crippen molar-refractivity contribution in [2.24, 2.45) is 5.92 Å². The van der Waals surface area contributed by atoms with Crippen molar-refractivity contribution in [3.05, 3.63) is 59.2 Å². The Hall–Kier alpha value is -3.08. The molecule has 2 amide bonds. The first-order valence-electron chi connectivity index (χ1n) is 12.6. The molecule has 10 heteroatoms. The summed E-state index contributed by atoms with van der Waals surface area (Å²) in [5.74, 6) is -2.21. The van der Waals surface area contributed by atoms with Crippen molar-refractivity contribution in [3.8, 4) is 5.75 Å². The van der Waals surface area contributed by atoms with Crippen LogP contribution < -0.4 is 15.4 Å². The molecule has 0 aromatic heterocycles. The summed E-state index contributed by atoms with van der Waals surface area (Å²) in [5.41, 5.74) is 1.51. The third-order valence-electron chi connectivity index (χ3n) is 7.24. The van der Waals surface area contributed by atoms with Crippen molar-refractivity contribution in [2.45, 2.75) is 56.5 Å². The number of carbonyl (C=O) groups is 2. The van der Waals surface area contributed by atoms with E-state index in [1.807, 2.05) is 12.1 Å². The van der Waals surface area contributed by atoms with Gasteiger partial charge in [0.2, 0.25) is 11.8 Å². The highest BCUT2D eigenvalue weighted by Crippen LogP contribution is 2.46. The summed E-state index contributed by atoms with van der Waals surface area (Å²) in [6, 6.07) is 8.59. The molecule has 8 nitrogen and oxygen atoms in total. The third kappa shape index (κ3) is 5.76. The lowest BCUT2D eigenvalue weighted by atomic mass is 9.76. The molecule has 198 valence electrons. The van der Waals surface area contributed by atoms with Crippen LogP contribution >= 0.6 is 0 Å². The van der Waals surface area contributed by atoms with Crippen LogP contribution in [0.1, 0.15) is 42.7 Å². The molecule has 2 bridgehead atoms. The Morgan fingerprint density at radius 3 is 2.76 bits per heavy atom. The number of carbonyl (C=O) groups excluding carboxylic acids is 2. The van der Waals surface area contributed by atoms with E-state index in [4.69, 9.17) is 14.2 Å². The fourth-order valence-electron chi connectivity index (χ4n) is 5.41. The number of benzene rings is 2. The Kier molecular flexibility index (Phi) is 7.68. The number of anilines is 1. The molecular formula is C27H30F2N2O6. The van der Waals surface area contributed by atoms with Crippen LogP contribution in [0.3, 0.4) is 0 Å². The smallest absolute Gasteiger partial charge is 0.230 e. The molecule has 0 unspecified atom stereocenters. The fourth-order valence-corrected chi connectivity index (χ4v) is 5.41. The van der Waals surface area contributed by atoms with Crippen LogP contribution in [0.4, 0.5) is 14.5 Å². The fraction of sp³-hybridized carbons (Fsp3) is 0.481. The van der Waals surface area contributed by atoms with Crippen LogP contribution in [0.2, 0.25) is 0 Å². The average Bonchev–Trinajstić information content (AvgIpc) is 3.00. The molecule has 37 heavy (non-hydrogen) atoms. The van der Waals surface area contributed by atoms with Gasteiger partial charge in [-0.25, -0.2) is 8.78 Å². The normalized spacial score (nSPS) is 25.5. The zero-order valence-electron chi connectivity index (χ0n) is 20.3. The molecule has 0 saturated carbocycles. The molecule has 3 heterocycles. The van der Waals surface area contributed by atoms with Crippen molar-refractivity contribution in [2.75, 3.05) is 25.1 Å². The Balaban J connectivity index is 1.33. The first-order valence-corrected chi connectivity index (χ1v) is 12.6. The van der Waals surface area contributed by atoms with Crippen LogP contribution in [-0.4, -0.2) is 55.1 Å². The van der Waals surface area contributed by atoms with Gasteiger partial charge in [-0.2, -0.15) is 0 Å². The summed E-state index contributed by atoms with van der Waals surface area (Å²) < 4.78 is 45.1. The van der Waals surface area contributed by atoms with Crippen LogP contribution in [0.5, 0.6) is 5.75 Å². The maximum absolute atomic E-state index is 13.9. The van der Waals surface area contributed by atoms with E-state index in [1.165, 1.54) is 0 Å². The van der Waals surface area contributed by atoms with Gasteiger partial charge in [-0.05, 0) is 42.8 Å². The molecule has 5 rings (SSSR count). The molecule has 0 radical (unpaired) electrons. The minimum Gasteiger partial charge on any atom is -0.490 e. The molecule has 2 fully saturated rings. The van der Waals surface area contributed by atoms with Crippen molar-refractivity contribution in [1.29, 1.82) is 0 Å². The van der Waals surface area contributed by atoms with Gasteiger partial charge in [-0.15, -0.1) is 0 Å². The quantitative estimate of drug-likeness (QED) is 0.523. The number of nitrogens with one attached hydrogen (secondary N) is 2. The first kappa shape index (κ1) is 25.6. The minimum atomic E-state index is -0.817. The van der Waals surface area contributed by atoms with E-state index in [0.717, 1.165) is 36.6 Å². The van der Waals surface area contributed by atoms with Crippen LogP contribution in [0.25, 0.3) is 0 Å². The standard InChI is InChI=1S/C27H30F2N2O6/c28-16-1-3-22(29)15(9-16)13-30-25(33)12-19-11-21-20-10-17(31-27(34)26(21)24(14-32)37-19)2-4-23(20)36-18-5-7-35-8-6-18/h1-4,9-10,18-19,21,24,26,32H,5-8,11-14H2,(H,30,33)(H,31,34)/t19-,21-,24+,26+/m1/s1. The van der Waals surface area contributed by atoms with E-state index >= 15 is 0 Å². The zero-order valence-corrected chi connectivity index (χ0v) is 20.3. The SMILES string of the molecule is O=C(C[C@H]1C[C@@H]2c3cc(ccc3OC3CCOCC3)NC(=O)[C@@H]2[C@H](CO)O1)NCc1cc(F)ccc1F. The van der Waals surface area contributed by atoms with E-state index in [1.54, 1.807) is 6.07 Å². The number of halogens is 2. The van der Waals surface area contributed by atoms with Gasteiger partial charge in [0.1, 0.15) is 23.5 Å². The van der Waals surface area contributed by atoms with Gasteiger partial charge in [0.25, 0.3) is 0 Å². The van der Waals surface area contributed by atoms with Gasteiger partial charge in [-0.1, -0.05) is 0 Å². The largest absolute Gasteiger partial charge is 0.490 e. The first-order chi connectivity index (χ1) is 17.9. The summed E-state index contributed by atoms with van der Waals surface area (Å²) >= 11 is 0. The number of aliphatic hydroxyl groups is 1. The summed E-state index contributed by atoms with van der Waals surface area (Å²) in [5, 5.41) is 15.6. The molecule has 2 saturated heterocycles. The van der Waals surface area contributed by atoms with Gasteiger partial charge in [0, 0.05) is 42.1 Å². The summed E-state index contributed by atoms with van der Waals surface area (Å²) in [4.78, 5) is 25.8. The predicted molar refractivity (Wildman–Crippen MR) is 129 cm³/mol. The van der Waals surface area contributed by atoms with Crippen LogP contribution in [0.15, 0.2) is 36.4 Å². The van der Waals surface area contributed by atoms with Gasteiger partial charge in [0.15, 0.2) is 0 Å². The molecule has 3 N–H and O–H groups in total. The topological polar surface area (TPSA) is 106 Å². The molecule has 0 spiro atoms. The lowest BCUT2D eigenvalue weighted by Gasteiger charge is -2.40. The van der Waals surface area contributed by atoms with Crippen molar-refractivity contribution in [3.63, 3.8) is 0 Å². The molecular weight excluding hydrogens is 486 g/mol. The number of aliphatic hydroxyl groups excluding tert-OH is 1. The molecule has 4 atom stereocenters. The Morgan fingerprint density at radius 1 is 1.16 bits per heavy atom. The van der Waals surface area contributed by atoms with E-state index in [2.05, 4.69) is 10.6 Å². The van der Waals surface area contributed by atoms with Crippen molar-refractivity contribution in [1.82, 2.24) is 5.32 Å². The highest BCUT2D eigenvalue weighted by molar-refractivity contribution is 5.95. The lowest BCUT2D eigenvalue weighted by Crippen LogP contribution is -2.48. The number of hydrogen-bond acceptors (Lipinski definition) is 6. The molecule has 2 aromatic rings. The Bertz CT molecular complexity index is 1160. The Morgan fingerprint density at radius 2 is 1.97 bits per heavy atom. The second-order valence-electron chi connectivity index (χ2n) is 9.74. The van der Waals surface area contributed by atoms with Crippen molar-refractivity contribution < 1.29 is 37.7 Å². The summed E-state index contributed by atoms with van der Waals surface area (Å²) in [6.45, 7) is 0.689. The second-order valence-corrected chi connectivity index (χ2v) is 9.74. The number of fused-ring (bicyclic) bond motifs is 4. The molecule has 2 aromatic carbocycles. The monoisotopic (exact) mass is 516 g/mol. The Labute approximate surface area is 213 Å².